The number of ether oxygens (including phenoxy) is 1. The van der Waals surface area contributed by atoms with Crippen molar-refractivity contribution in [2.24, 2.45) is 5.41 Å². The Kier molecular flexibility index (Phi) is 7.69. The molecule has 0 aliphatic carbocycles. The average Bonchev–Trinajstić information content (AvgIpc) is 3.37. The summed E-state index contributed by atoms with van der Waals surface area (Å²) < 4.78 is 52.7. The average molecular weight is 626 g/mol. The molecule has 1 N–H and O–H groups in total. The van der Waals surface area contributed by atoms with E-state index in [0.717, 1.165) is 18.2 Å². The number of hydrogen-bond acceptors (Lipinski definition) is 6. The Morgan fingerprint density at radius 2 is 1.80 bits per heavy atom. The second-order valence-electron chi connectivity index (χ2n) is 11.5. The lowest BCUT2D eigenvalue weighted by atomic mass is 9.81. The summed E-state index contributed by atoms with van der Waals surface area (Å²) in [5.41, 5.74) is 0.534. The summed E-state index contributed by atoms with van der Waals surface area (Å²) in [5.74, 6) is -2.90. The summed E-state index contributed by atoms with van der Waals surface area (Å²) in [6.07, 6.45) is -0.132. The number of hydrogen-bond donors (Lipinski definition) is 1. The van der Waals surface area contributed by atoms with Crippen molar-refractivity contribution in [2.75, 3.05) is 13.6 Å². The molecule has 2 aromatic heterocycles. The van der Waals surface area contributed by atoms with Crippen molar-refractivity contribution in [1.82, 2.24) is 19.4 Å². The van der Waals surface area contributed by atoms with Gasteiger partial charge in [-0.3, -0.25) is 4.79 Å². The first-order valence-corrected chi connectivity index (χ1v) is 14.2. The van der Waals surface area contributed by atoms with Crippen LogP contribution in [0.1, 0.15) is 39.8 Å². The number of likely N-dealkylation sites (tertiary alicyclic amines) is 1. The van der Waals surface area contributed by atoms with E-state index in [2.05, 4.69) is 9.97 Å². The fourth-order valence-corrected chi connectivity index (χ4v) is 5.74. The number of β-lactam (4-membered cyclic amide) rings is 1. The summed E-state index contributed by atoms with van der Waals surface area (Å²) in [6.45, 7) is 2.25. The van der Waals surface area contributed by atoms with E-state index in [-0.39, 0.29) is 64.9 Å². The molecule has 1 saturated heterocycles. The molecule has 1 fully saturated rings. The van der Waals surface area contributed by atoms with E-state index in [0.29, 0.717) is 23.4 Å². The molecule has 0 saturated carbocycles. The molecule has 3 aromatic carbocycles. The zero-order chi connectivity index (χ0) is 32.7. The highest BCUT2D eigenvalue weighted by molar-refractivity contribution is 5.93. The van der Waals surface area contributed by atoms with Gasteiger partial charge in [0, 0.05) is 43.8 Å². The standard InChI is InChI=1S/C34H26F3N5O4/c1-34(17-41(2)33(34)45)18-42-29-12-20(32(43)44)8-9-28(29)39-30(42)13-22-11-26(37)23(14-25(22)36)27-4-3-5-31(40-27)46-16-21-7-6-19(15-38)10-24(21)35/h3-12,14H,13,16-18H2,1-2H3,(H,43,44). The number of nitrogens with zero attached hydrogens (tertiary/aromatic N) is 5. The molecule has 1 aliphatic rings. The largest absolute Gasteiger partial charge is 0.478 e. The minimum absolute atomic E-state index is 0.00201. The first kappa shape index (κ1) is 30.3. The van der Waals surface area contributed by atoms with Crippen molar-refractivity contribution >= 4 is 22.9 Å². The third-order valence-corrected chi connectivity index (χ3v) is 8.07. The molecule has 0 spiro atoms. The maximum absolute atomic E-state index is 15.6. The predicted molar refractivity (Wildman–Crippen MR) is 160 cm³/mol. The molecule has 1 aliphatic heterocycles. The Hall–Kier alpha value is -5.70. The summed E-state index contributed by atoms with van der Waals surface area (Å²) in [5, 5.41) is 18.5. The van der Waals surface area contributed by atoms with Crippen LogP contribution in [0.4, 0.5) is 13.2 Å². The number of carbonyl (C=O) groups is 2. The fourth-order valence-electron chi connectivity index (χ4n) is 5.74. The van der Waals surface area contributed by atoms with Gasteiger partial charge in [0.25, 0.3) is 0 Å². The highest BCUT2D eigenvalue weighted by Crippen LogP contribution is 2.35. The molecule has 12 heteroatoms. The van der Waals surface area contributed by atoms with Crippen LogP contribution in [0.25, 0.3) is 22.3 Å². The predicted octanol–water partition coefficient (Wildman–Crippen LogP) is 5.73. The Morgan fingerprint density at radius 1 is 1.02 bits per heavy atom. The summed E-state index contributed by atoms with van der Waals surface area (Å²) in [7, 11) is 1.69. The molecule has 46 heavy (non-hydrogen) atoms. The summed E-state index contributed by atoms with van der Waals surface area (Å²) in [6, 6.07) is 16.9. The molecule has 5 aromatic rings. The Labute approximate surface area is 261 Å². The van der Waals surface area contributed by atoms with E-state index < -0.39 is 28.8 Å². The van der Waals surface area contributed by atoms with Crippen LogP contribution in [-0.4, -0.2) is 50.0 Å². The number of halogens is 3. The Bertz CT molecular complexity index is 2090. The van der Waals surface area contributed by atoms with E-state index in [9.17, 15) is 19.1 Å². The number of pyridine rings is 1. The van der Waals surface area contributed by atoms with Crippen LogP contribution >= 0.6 is 0 Å². The second kappa shape index (κ2) is 11.7. The van der Waals surface area contributed by atoms with Gasteiger partial charge in [0.1, 0.15) is 29.9 Å². The number of rotatable bonds is 9. The quantitative estimate of drug-likeness (QED) is 0.208. The molecule has 1 unspecified atom stereocenters. The van der Waals surface area contributed by atoms with Gasteiger partial charge in [0.2, 0.25) is 11.8 Å². The van der Waals surface area contributed by atoms with Gasteiger partial charge in [0.15, 0.2) is 0 Å². The number of fused-ring (bicyclic) bond motifs is 1. The minimum atomic E-state index is -1.13. The normalized spacial score (nSPS) is 15.9. The smallest absolute Gasteiger partial charge is 0.335 e. The SMILES string of the molecule is CN1CC(C)(Cn2c(Cc3cc(F)c(-c4cccc(OCc5ccc(C#N)cc5F)n4)cc3F)nc3ccc(C(=O)O)cc32)C1=O. The van der Waals surface area contributed by atoms with Gasteiger partial charge < -0.3 is 19.3 Å². The van der Waals surface area contributed by atoms with Crippen molar-refractivity contribution in [1.29, 1.82) is 5.26 Å². The maximum Gasteiger partial charge on any atom is 0.335 e. The maximum atomic E-state index is 15.6. The zero-order valence-corrected chi connectivity index (χ0v) is 24.7. The van der Waals surface area contributed by atoms with Crippen molar-refractivity contribution in [3.05, 3.63) is 112 Å². The van der Waals surface area contributed by atoms with Crippen LogP contribution < -0.4 is 4.74 Å². The number of aromatic nitrogens is 3. The fraction of sp³-hybridized carbons (Fsp3) is 0.206. The number of aromatic carboxylic acids is 1. The van der Waals surface area contributed by atoms with Crippen LogP contribution in [-0.2, 0) is 24.4 Å². The molecule has 0 radical (unpaired) electrons. The lowest BCUT2D eigenvalue weighted by Crippen LogP contribution is -2.59. The van der Waals surface area contributed by atoms with Gasteiger partial charge in [0.05, 0.1) is 39.3 Å². The molecule has 232 valence electrons. The first-order chi connectivity index (χ1) is 22.0. The van der Waals surface area contributed by atoms with Crippen molar-refractivity contribution in [3.63, 3.8) is 0 Å². The monoisotopic (exact) mass is 625 g/mol. The van der Waals surface area contributed by atoms with Crippen LogP contribution in [0.3, 0.4) is 0 Å². The minimum Gasteiger partial charge on any atom is -0.478 e. The van der Waals surface area contributed by atoms with Gasteiger partial charge in [-0.1, -0.05) is 12.1 Å². The van der Waals surface area contributed by atoms with Gasteiger partial charge >= 0.3 is 5.97 Å². The number of imidazole rings is 1. The second-order valence-corrected chi connectivity index (χ2v) is 11.5. The highest BCUT2D eigenvalue weighted by Gasteiger charge is 2.47. The zero-order valence-electron chi connectivity index (χ0n) is 24.7. The Balaban J connectivity index is 1.29. The third-order valence-electron chi connectivity index (χ3n) is 8.07. The molecule has 1 amide bonds. The molecule has 3 heterocycles. The molecule has 6 rings (SSSR count). The number of carbonyl (C=O) groups excluding carboxylic acids is 1. The molecule has 9 nitrogen and oxygen atoms in total. The van der Waals surface area contributed by atoms with E-state index in [1.807, 2.05) is 6.07 Å². The number of amides is 1. The number of carboxylic acids is 1. The number of benzene rings is 3. The van der Waals surface area contributed by atoms with Crippen molar-refractivity contribution in [3.8, 4) is 23.2 Å². The van der Waals surface area contributed by atoms with Crippen LogP contribution in [0.2, 0.25) is 0 Å². The topological polar surface area (TPSA) is 121 Å². The van der Waals surface area contributed by atoms with Crippen molar-refractivity contribution in [2.45, 2.75) is 26.5 Å². The van der Waals surface area contributed by atoms with Gasteiger partial charge in [-0.15, -0.1) is 0 Å². The van der Waals surface area contributed by atoms with E-state index in [1.54, 1.807) is 35.6 Å². The number of carboxylic acid groups (broad SMARTS) is 1. The third kappa shape index (κ3) is 5.63. The van der Waals surface area contributed by atoms with E-state index in [1.165, 1.54) is 36.4 Å². The van der Waals surface area contributed by atoms with Gasteiger partial charge in [-0.25, -0.2) is 27.9 Å². The molecule has 1 atom stereocenters. The Morgan fingerprint density at radius 3 is 2.50 bits per heavy atom. The van der Waals surface area contributed by atoms with Gasteiger partial charge in [-0.05, 0) is 61.0 Å². The summed E-state index contributed by atoms with van der Waals surface area (Å²) in [4.78, 5) is 34.8. The highest BCUT2D eigenvalue weighted by atomic mass is 19.1. The molecular formula is C34H26F3N5O4. The molecule has 0 bridgehead atoms. The first-order valence-electron chi connectivity index (χ1n) is 14.2. The van der Waals surface area contributed by atoms with E-state index in [4.69, 9.17) is 10.00 Å². The van der Waals surface area contributed by atoms with Crippen LogP contribution in [0.15, 0.2) is 66.7 Å². The van der Waals surface area contributed by atoms with Gasteiger partial charge in [-0.2, -0.15) is 5.26 Å². The molecular weight excluding hydrogens is 599 g/mol. The number of nitriles is 1. The lowest BCUT2D eigenvalue weighted by molar-refractivity contribution is -0.157. The van der Waals surface area contributed by atoms with Crippen LogP contribution in [0.5, 0.6) is 5.88 Å². The van der Waals surface area contributed by atoms with E-state index >= 15 is 8.78 Å². The van der Waals surface area contributed by atoms with Crippen molar-refractivity contribution < 1.29 is 32.6 Å². The summed E-state index contributed by atoms with van der Waals surface area (Å²) >= 11 is 0. The lowest BCUT2D eigenvalue weighted by Gasteiger charge is -2.45. The van der Waals surface area contributed by atoms with Crippen LogP contribution in [0, 0.1) is 34.2 Å².